The van der Waals surface area contributed by atoms with Crippen LogP contribution in [-0.4, -0.2) is 33.3 Å². The molecule has 0 saturated heterocycles. The Balaban J connectivity index is 2.06. The predicted octanol–water partition coefficient (Wildman–Crippen LogP) is 0.769. The lowest BCUT2D eigenvalue weighted by atomic mass is 10.5. The fraction of sp³-hybridized carbons (Fsp3) is 0.100. The van der Waals surface area contributed by atoms with Crippen LogP contribution in [0.25, 0.3) is 5.65 Å². The minimum atomic E-state index is -1.06. The van der Waals surface area contributed by atoms with E-state index in [2.05, 4.69) is 15.0 Å². The first-order chi connectivity index (χ1) is 7.75. The van der Waals surface area contributed by atoms with Crippen molar-refractivity contribution in [1.29, 1.82) is 0 Å². The number of fused-ring (bicyclic) bond motifs is 1. The second-order valence-electron chi connectivity index (χ2n) is 3.03. The number of rotatable bonds is 4. The zero-order valence-corrected chi connectivity index (χ0v) is 8.28. The average molecular weight is 219 g/mol. The van der Waals surface area contributed by atoms with Crippen LogP contribution in [0.2, 0.25) is 0 Å². The fourth-order valence-electron chi connectivity index (χ4n) is 1.20. The number of pyridine rings is 1. The molecule has 0 fully saturated rings. The molecule has 1 N–H and O–H groups in total. The van der Waals surface area contributed by atoms with Gasteiger partial charge in [-0.25, -0.2) is 9.78 Å². The summed E-state index contributed by atoms with van der Waals surface area (Å²) in [7, 11) is 0. The Morgan fingerprint density at radius 2 is 2.50 bits per heavy atom. The molecule has 0 aliphatic carbocycles. The number of oxime groups is 1. The molecule has 2 aromatic rings. The molecule has 2 aromatic heterocycles. The van der Waals surface area contributed by atoms with Crippen molar-refractivity contribution >= 4 is 17.8 Å². The standard InChI is InChI=1S/C10H9N3O3/c14-10(15)7-16-11-5-8-6-13-4-2-1-3-9(13)12-8/h1-6H,7H2,(H,14,15). The van der Waals surface area contributed by atoms with Crippen molar-refractivity contribution < 1.29 is 14.7 Å². The van der Waals surface area contributed by atoms with E-state index in [1.165, 1.54) is 6.21 Å². The molecule has 0 atom stereocenters. The van der Waals surface area contributed by atoms with E-state index in [1.807, 2.05) is 28.8 Å². The molecule has 0 saturated carbocycles. The first-order valence-corrected chi connectivity index (χ1v) is 4.56. The zero-order chi connectivity index (χ0) is 11.4. The summed E-state index contributed by atoms with van der Waals surface area (Å²) in [5, 5.41) is 11.8. The van der Waals surface area contributed by atoms with Gasteiger partial charge in [0.1, 0.15) is 11.3 Å². The largest absolute Gasteiger partial charge is 0.479 e. The SMILES string of the molecule is O=C(O)CON=Cc1cn2ccccc2n1. The Kier molecular flexibility index (Phi) is 2.81. The maximum atomic E-state index is 10.1. The summed E-state index contributed by atoms with van der Waals surface area (Å²) in [5.41, 5.74) is 1.40. The second kappa shape index (κ2) is 4.43. The van der Waals surface area contributed by atoms with Crippen LogP contribution in [0.3, 0.4) is 0 Å². The van der Waals surface area contributed by atoms with Crippen molar-refractivity contribution in [3.8, 4) is 0 Å². The maximum Gasteiger partial charge on any atom is 0.344 e. The number of imidazole rings is 1. The minimum absolute atomic E-state index is 0.454. The lowest BCUT2D eigenvalue weighted by molar-refractivity contribution is -0.142. The van der Waals surface area contributed by atoms with E-state index in [0.717, 1.165) is 5.65 Å². The van der Waals surface area contributed by atoms with E-state index < -0.39 is 12.6 Å². The lowest BCUT2D eigenvalue weighted by Gasteiger charge is -1.90. The van der Waals surface area contributed by atoms with Crippen molar-refractivity contribution in [1.82, 2.24) is 9.38 Å². The number of aliphatic carboxylic acids is 1. The summed E-state index contributed by atoms with van der Waals surface area (Å²) < 4.78 is 1.83. The highest BCUT2D eigenvalue weighted by molar-refractivity contribution is 5.77. The molecule has 82 valence electrons. The molecule has 6 heteroatoms. The summed E-state index contributed by atoms with van der Waals surface area (Å²) >= 11 is 0. The van der Waals surface area contributed by atoms with Gasteiger partial charge < -0.3 is 14.3 Å². The molecule has 0 amide bonds. The van der Waals surface area contributed by atoms with Crippen LogP contribution in [0, 0.1) is 0 Å². The van der Waals surface area contributed by atoms with Crippen LogP contribution in [0.15, 0.2) is 35.7 Å². The van der Waals surface area contributed by atoms with Gasteiger partial charge in [-0.2, -0.15) is 0 Å². The van der Waals surface area contributed by atoms with Gasteiger partial charge in [0.15, 0.2) is 0 Å². The van der Waals surface area contributed by atoms with E-state index >= 15 is 0 Å². The highest BCUT2D eigenvalue weighted by Crippen LogP contribution is 2.02. The number of carboxylic acids is 1. The van der Waals surface area contributed by atoms with Gasteiger partial charge in [-0.15, -0.1) is 0 Å². The third-order valence-corrected chi connectivity index (χ3v) is 1.83. The molecule has 0 aromatic carbocycles. The minimum Gasteiger partial charge on any atom is -0.479 e. The quantitative estimate of drug-likeness (QED) is 0.608. The van der Waals surface area contributed by atoms with Gasteiger partial charge in [0.2, 0.25) is 6.61 Å². The molecule has 0 aliphatic rings. The summed E-state index contributed by atoms with van der Waals surface area (Å²) in [6.45, 7) is -0.454. The smallest absolute Gasteiger partial charge is 0.344 e. The predicted molar refractivity (Wildman–Crippen MR) is 56.4 cm³/mol. The summed E-state index contributed by atoms with van der Waals surface area (Å²) in [6, 6.07) is 5.62. The maximum absolute atomic E-state index is 10.1. The third-order valence-electron chi connectivity index (χ3n) is 1.83. The van der Waals surface area contributed by atoms with Crippen LogP contribution in [0.4, 0.5) is 0 Å². The number of carbonyl (C=O) groups is 1. The molecule has 0 spiro atoms. The van der Waals surface area contributed by atoms with Gasteiger partial charge in [-0.3, -0.25) is 0 Å². The van der Waals surface area contributed by atoms with Crippen LogP contribution in [0.5, 0.6) is 0 Å². The van der Waals surface area contributed by atoms with Crippen LogP contribution < -0.4 is 0 Å². The lowest BCUT2D eigenvalue weighted by Crippen LogP contribution is -2.03. The van der Waals surface area contributed by atoms with Gasteiger partial charge in [0.25, 0.3) is 0 Å². The molecule has 0 radical (unpaired) electrons. The van der Waals surface area contributed by atoms with Gasteiger partial charge in [-0.05, 0) is 12.1 Å². The molecule has 2 rings (SSSR count). The average Bonchev–Trinajstić information content (AvgIpc) is 2.66. The number of aromatic nitrogens is 2. The molecule has 2 heterocycles. The van der Waals surface area contributed by atoms with Crippen molar-refractivity contribution in [3.05, 3.63) is 36.3 Å². The molecule has 0 bridgehead atoms. The van der Waals surface area contributed by atoms with E-state index in [0.29, 0.717) is 5.69 Å². The topological polar surface area (TPSA) is 76.2 Å². The van der Waals surface area contributed by atoms with E-state index in [4.69, 9.17) is 5.11 Å². The molecule has 16 heavy (non-hydrogen) atoms. The Bertz CT molecular complexity index is 500. The Morgan fingerprint density at radius 3 is 3.25 bits per heavy atom. The fourth-order valence-corrected chi connectivity index (χ4v) is 1.20. The van der Waals surface area contributed by atoms with Crippen LogP contribution in [0.1, 0.15) is 5.69 Å². The summed E-state index contributed by atoms with van der Waals surface area (Å²) in [4.78, 5) is 18.9. The zero-order valence-electron chi connectivity index (χ0n) is 8.28. The summed E-state index contributed by atoms with van der Waals surface area (Å²) in [5.74, 6) is -1.06. The number of hydrogen-bond acceptors (Lipinski definition) is 4. The highest BCUT2D eigenvalue weighted by atomic mass is 16.6. The number of nitrogens with zero attached hydrogens (tertiary/aromatic N) is 3. The highest BCUT2D eigenvalue weighted by Gasteiger charge is 1.98. The molecule has 6 nitrogen and oxygen atoms in total. The number of hydrogen-bond donors (Lipinski definition) is 1. The molecule has 0 unspecified atom stereocenters. The second-order valence-corrected chi connectivity index (χ2v) is 3.03. The van der Waals surface area contributed by atoms with Gasteiger partial charge >= 0.3 is 5.97 Å². The monoisotopic (exact) mass is 219 g/mol. The van der Waals surface area contributed by atoms with Crippen molar-refractivity contribution in [2.45, 2.75) is 0 Å². The van der Waals surface area contributed by atoms with Crippen LogP contribution >= 0.6 is 0 Å². The van der Waals surface area contributed by atoms with Crippen LogP contribution in [-0.2, 0) is 9.63 Å². The molecular formula is C10H9N3O3. The third kappa shape index (κ3) is 2.35. The summed E-state index contributed by atoms with van der Waals surface area (Å²) in [6.07, 6.45) is 5.00. The van der Waals surface area contributed by atoms with Crippen molar-refractivity contribution in [2.24, 2.45) is 5.16 Å². The Morgan fingerprint density at radius 1 is 1.62 bits per heavy atom. The number of carboxylic acid groups (broad SMARTS) is 1. The first-order valence-electron chi connectivity index (χ1n) is 4.56. The molecule has 0 aliphatic heterocycles. The molecular weight excluding hydrogens is 210 g/mol. The normalized spacial score (nSPS) is 11.0. The van der Waals surface area contributed by atoms with Gasteiger partial charge in [0.05, 0.1) is 6.21 Å². The van der Waals surface area contributed by atoms with Crippen molar-refractivity contribution in [2.75, 3.05) is 6.61 Å². The van der Waals surface area contributed by atoms with E-state index in [9.17, 15) is 4.79 Å². The van der Waals surface area contributed by atoms with Gasteiger partial charge in [0, 0.05) is 12.4 Å². The van der Waals surface area contributed by atoms with E-state index in [-0.39, 0.29) is 0 Å². The van der Waals surface area contributed by atoms with Gasteiger partial charge in [-0.1, -0.05) is 11.2 Å². The Hall–Kier alpha value is -2.37. The first kappa shape index (κ1) is 10.2. The van der Waals surface area contributed by atoms with E-state index in [1.54, 1.807) is 6.20 Å². The Labute approximate surface area is 90.8 Å². The van der Waals surface area contributed by atoms with Crippen molar-refractivity contribution in [3.63, 3.8) is 0 Å².